The van der Waals surface area contributed by atoms with Crippen LogP contribution >= 0.6 is 0 Å². The minimum atomic E-state index is -4.83. The zero-order chi connectivity index (χ0) is 19.2. The maximum absolute atomic E-state index is 13.4. The fourth-order valence-corrected chi connectivity index (χ4v) is 2.37. The highest BCUT2D eigenvalue weighted by molar-refractivity contribution is 5.97. The van der Waals surface area contributed by atoms with E-state index in [9.17, 15) is 27.9 Å². The SMILES string of the molecule is CN1CC(O)N(c2cc(C(F)(F)F)c(C(=O)NC(C)(C)C)cn2)C1=O. The van der Waals surface area contributed by atoms with Crippen molar-refractivity contribution in [3.63, 3.8) is 0 Å². The summed E-state index contributed by atoms with van der Waals surface area (Å²) in [7, 11) is 1.40. The highest BCUT2D eigenvalue weighted by Crippen LogP contribution is 2.35. The summed E-state index contributed by atoms with van der Waals surface area (Å²) in [5, 5.41) is 12.3. The van der Waals surface area contributed by atoms with Crippen LogP contribution < -0.4 is 10.2 Å². The van der Waals surface area contributed by atoms with Gasteiger partial charge in [0.15, 0.2) is 6.23 Å². The van der Waals surface area contributed by atoms with E-state index in [1.165, 1.54) is 7.05 Å². The molecule has 2 N–H and O–H groups in total. The lowest BCUT2D eigenvalue weighted by Crippen LogP contribution is -2.41. The maximum Gasteiger partial charge on any atom is 0.417 e. The number of nitrogens with zero attached hydrogens (tertiary/aromatic N) is 3. The van der Waals surface area contributed by atoms with Crippen LogP contribution in [0.5, 0.6) is 0 Å². The Morgan fingerprint density at radius 3 is 2.40 bits per heavy atom. The van der Waals surface area contributed by atoms with Gasteiger partial charge in [-0.25, -0.2) is 14.7 Å². The summed E-state index contributed by atoms with van der Waals surface area (Å²) in [6.45, 7) is 4.84. The van der Waals surface area contributed by atoms with Gasteiger partial charge in [0.25, 0.3) is 5.91 Å². The number of pyridine rings is 1. The molecule has 0 spiro atoms. The van der Waals surface area contributed by atoms with Crippen LogP contribution in [-0.2, 0) is 6.18 Å². The van der Waals surface area contributed by atoms with Crippen molar-refractivity contribution in [1.82, 2.24) is 15.2 Å². The third-order valence-electron chi connectivity index (χ3n) is 3.44. The summed E-state index contributed by atoms with van der Waals surface area (Å²) in [6.07, 6.45) is -5.39. The number of carbonyl (C=O) groups is 2. The van der Waals surface area contributed by atoms with Gasteiger partial charge >= 0.3 is 12.2 Å². The summed E-state index contributed by atoms with van der Waals surface area (Å²) in [4.78, 5) is 29.8. The van der Waals surface area contributed by atoms with E-state index in [1.54, 1.807) is 20.8 Å². The monoisotopic (exact) mass is 360 g/mol. The number of amides is 3. The van der Waals surface area contributed by atoms with Gasteiger partial charge in [0.1, 0.15) is 5.82 Å². The molecule has 0 saturated carbocycles. The van der Waals surface area contributed by atoms with Gasteiger partial charge in [-0.2, -0.15) is 13.2 Å². The lowest BCUT2D eigenvalue weighted by molar-refractivity contribution is -0.138. The van der Waals surface area contributed by atoms with Gasteiger partial charge in [0.05, 0.1) is 17.7 Å². The molecule has 2 rings (SSSR count). The second-order valence-electron chi connectivity index (χ2n) is 6.80. The molecule has 1 aromatic heterocycles. The molecule has 1 saturated heterocycles. The lowest BCUT2D eigenvalue weighted by atomic mass is 10.1. The number of aliphatic hydroxyl groups is 1. The minimum absolute atomic E-state index is 0.0614. The number of anilines is 1. The Labute approximate surface area is 142 Å². The molecule has 25 heavy (non-hydrogen) atoms. The van der Waals surface area contributed by atoms with Crippen molar-refractivity contribution in [1.29, 1.82) is 0 Å². The molecule has 7 nitrogen and oxygen atoms in total. The molecule has 138 valence electrons. The number of hydrogen-bond donors (Lipinski definition) is 2. The number of β-amino-alcohol motifs (C(OH)–C–C–N with tert-alkyl or cyclic N) is 1. The molecule has 1 atom stereocenters. The van der Waals surface area contributed by atoms with Crippen molar-refractivity contribution < 1.29 is 27.9 Å². The van der Waals surface area contributed by atoms with Crippen molar-refractivity contribution in [3.05, 3.63) is 23.4 Å². The second-order valence-corrected chi connectivity index (χ2v) is 6.80. The Bertz CT molecular complexity index is 700. The molecular weight excluding hydrogens is 341 g/mol. The molecule has 3 amide bonds. The van der Waals surface area contributed by atoms with E-state index in [0.29, 0.717) is 6.07 Å². The molecule has 0 aromatic carbocycles. The number of carbonyl (C=O) groups excluding carboxylic acids is 2. The van der Waals surface area contributed by atoms with E-state index in [4.69, 9.17) is 0 Å². The van der Waals surface area contributed by atoms with E-state index >= 15 is 0 Å². The Morgan fingerprint density at radius 1 is 1.36 bits per heavy atom. The van der Waals surface area contributed by atoms with Gasteiger partial charge in [-0.15, -0.1) is 0 Å². The quantitative estimate of drug-likeness (QED) is 0.842. The first kappa shape index (κ1) is 19.0. The number of hydrogen-bond acceptors (Lipinski definition) is 4. The molecule has 2 heterocycles. The Balaban J connectivity index is 2.48. The van der Waals surface area contributed by atoms with Crippen molar-refractivity contribution in [2.45, 2.75) is 38.7 Å². The fraction of sp³-hybridized carbons (Fsp3) is 0.533. The van der Waals surface area contributed by atoms with Crippen molar-refractivity contribution in [2.24, 2.45) is 0 Å². The predicted octanol–water partition coefficient (Wildman–Crippen LogP) is 1.82. The van der Waals surface area contributed by atoms with Gasteiger partial charge in [0.2, 0.25) is 0 Å². The highest BCUT2D eigenvalue weighted by Gasteiger charge is 2.40. The average Bonchev–Trinajstić information content (AvgIpc) is 2.68. The molecule has 1 aliphatic heterocycles. The molecule has 1 aromatic rings. The van der Waals surface area contributed by atoms with Crippen LogP contribution in [0.2, 0.25) is 0 Å². The number of halogens is 3. The van der Waals surface area contributed by atoms with Crippen LogP contribution in [-0.4, -0.2) is 52.3 Å². The van der Waals surface area contributed by atoms with Crippen LogP contribution in [0.3, 0.4) is 0 Å². The van der Waals surface area contributed by atoms with Gasteiger partial charge in [-0.3, -0.25) is 4.79 Å². The zero-order valence-corrected chi connectivity index (χ0v) is 14.2. The van der Waals surface area contributed by atoms with Crippen molar-refractivity contribution in [3.8, 4) is 0 Å². The summed E-state index contributed by atoms with van der Waals surface area (Å²) >= 11 is 0. The van der Waals surface area contributed by atoms with Gasteiger partial charge in [0, 0.05) is 18.8 Å². The minimum Gasteiger partial charge on any atom is -0.371 e. The lowest BCUT2D eigenvalue weighted by Gasteiger charge is -2.23. The summed E-state index contributed by atoms with van der Waals surface area (Å²) in [6, 6.07) is -0.0854. The number of aliphatic hydroxyl groups excluding tert-OH is 1. The standard InChI is InChI=1S/C15H19F3N4O3/c1-14(2,3)20-12(24)8-6-19-10(5-9(8)15(16,17)18)22-11(23)7-21(4)13(22)25/h5-6,11,23H,7H2,1-4H3,(H,20,24). The van der Waals surface area contributed by atoms with Crippen LogP contribution in [0, 0.1) is 0 Å². The van der Waals surface area contributed by atoms with Crippen molar-refractivity contribution >= 4 is 17.8 Å². The number of rotatable bonds is 2. The van der Waals surface area contributed by atoms with Gasteiger partial charge < -0.3 is 15.3 Å². The van der Waals surface area contributed by atoms with E-state index in [0.717, 1.165) is 16.0 Å². The number of nitrogens with one attached hydrogen (secondary N) is 1. The number of urea groups is 1. The maximum atomic E-state index is 13.4. The molecule has 1 aliphatic rings. The Kier molecular flexibility index (Phi) is 4.69. The normalized spacial score (nSPS) is 18.7. The van der Waals surface area contributed by atoms with Crippen LogP contribution in [0.25, 0.3) is 0 Å². The van der Waals surface area contributed by atoms with E-state index in [-0.39, 0.29) is 12.4 Å². The van der Waals surface area contributed by atoms with Crippen LogP contribution in [0.15, 0.2) is 12.3 Å². The fourth-order valence-electron chi connectivity index (χ4n) is 2.37. The Hall–Kier alpha value is -2.36. The predicted molar refractivity (Wildman–Crippen MR) is 83.0 cm³/mol. The van der Waals surface area contributed by atoms with Gasteiger partial charge in [-0.05, 0) is 26.8 Å². The third kappa shape index (κ3) is 4.01. The molecule has 0 aliphatic carbocycles. The molecule has 1 unspecified atom stereocenters. The summed E-state index contributed by atoms with van der Waals surface area (Å²) in [5.41, 5.74) is -2.61. The second kappa shape index (κ2) is 6.17. The summed E-state index contributed by atoms with van der Waals surface area (Å²) in [5.74, 6) is -1.30. The van der Waals surface area contributed by atoms with Crippen LogP contribution in [0.1, 0.15) is 36.7 Å². The zero-order valence-electron chi connectivity index (χ0n) is 14.2. The molecule has 10 heteroatoms. The molecule has 0 bridgehead atoms. The molecule has 1 fully saturated rings. The smallest absolute Gasteiger partial charge is 0.371 e. The molecular formula is C15H19F3N4O3. The number of aromatic nitrogens is 1. The van der Waals surface area contributed by atoms with E-state index in [1.807, 2.05) is 0 Å². The average molecular weight is 360 g/mol. The van der Waals surface area contributed by atoms with Gasteiger partial charge in [-0.1, -0.05) is 0 Å². The number of likely N-dealkylation sites (N-methyl/N-ethyl adjacent to an activating group) is 1. The molecule has 0 radical (unpaired) electrons. The topological polar surface area (TPSA) is 85.8 Å². The first-order valence-corrected chi connectivity index (χ1v) is 7.43. The third-order valence-corrected chi connectivity index (χ3v) is 3.44. The van der Waals surface area contributed by atoms with E-state index < -0.39 is 41.0 Å². The highest BCUT2D eigenvalue weighted by atomic mass is 19.4. The largest absolute Gasteiger partial charge is 0.417 e. The first-order chi connectivity index (χ1) is 11.3. The Morgan fingerprint density at radius 2 is 1.96 bits per heavy atom. The summed E-state index contributed by atoms with van der Waals surface area (Å²) < 4.78 is 40.2. The first-order valence-electron chi connectivity index (χ1n) is 7.43. The van der Waals surface area contributed by atoms with E-state index in [2.05, 4.69) is 10.3 Å². The number of alkyl halides is 3. The van der Waals surface area contributed by atoms with Crippen LogP contribution in [0.4, 0.5) is 23.8 Å². The van der Waals surface area contributed by atoms with Crippen molar-refractivity contribution in [2.75, 3.05) is 18.5 Å².